The number of nitrogens with zero attached hydrogens (tertiary/aromatic N) is 3. The zero-order valence-corrected chi connectivity index (χ0v) is 16.7. The number of hydrogen-bond donors (Lipinski definition) is 2. The molecular weight excluding hydrogens is 374 g/mol. The maximum atomic E-state index is 12.6. The van der Waals surface area contributed by atoms with E-state index in [1.54, 1.807) is 31.2 Å². The number of Topliss-reactive ketones (excluding diaryl/α,β-unsaturated/α-hetero) is 1. The highest BCUT2D eigenvalue weighted by Crippen LogP contribution is 2.26. The van der Waals surface area contributed by atoms with Crippen LogP contribution in [0.3, 0.4) is 0 Å². The molecule has 0 aliphatic carbocycles. The molecule has 28 heavy (non-hydrogen) atoms. The van der Waals surface area contributed by atoms with Crippen molar-refractivity contribution in [3.63, 3.8) is 0 Å². The van der Waals surface area contributed by atoms with Gasteiger partial charge in [0.1, 0.15) is 0 Å². The zero-order valence-electron chi connectivity index (χ0n) is 15.8. The minimum Gasteiger partial charge on any atom is -0.335 e. The van der Waals surface area contributed by atoms with E-state index in [0.717, 1.165) is 11.1 Å². The zero-order chi connectivity index (χ0) is 20.3. The van der Waals surface area contributed by atoms with Gasteiger partial charge >= 0.3 is 0 Å². The van der Waals surface area contributed by atoms with Crippen molar-refractivity contribution >= 4 is 29.1 Å². The van der Waals surface area contributed by atoms with Gasteiger partial charge in [0.2, 0.25) is 11.1 Å². The molecule has 1 unspecified atom stereocenters. The smallest absolute Gasteiger partial charge is 0.237 e. The number of nitrogens with one attached hydrogen (secondary N) is 1. The lowest BCUT2D eigenvalue weighted by atomic mass is 10.1. The molecule has 0 saturated heterocycles. The first-order valence-corrected chi connectivity index (χ1v) is 9.60. The number of rotatable bonds is 6. The lowest BCUT2D eigenvalue weighted by Gasteiger charge is -2.13. The van der Waals surface area contributed by atoms with Gasteiger partial charge in [-0.3, -0.25) is 9.59 Å². The fraction of sp³-hybridized carbons (Fsp3) is 0.200. The Morgan fingerprint density at radius 1 is 1.11 bits per heavy atom. The number of aromatic nitrogens is 3. The van der Waals surface area contributed by atoms with E-state index in [0.29, 0.717) is 22.2 Å². The van der Waals surface area contributed by atoms with E-state index >= 15 is 0 Å². The number of carbonyl (C=O) groups is 2. The minimum atomic E-state index is -0.489. The molecule has 1 aromatic heterocycles. The summed E-state index contributed by atoms with van der Waals surface area (Å²) in [7, 11) is 0. The predicted molar refractivity (Wildman–Crippen MR) is 111 cm³/mol. The first-order valence-electron chi connectivity index (χ1n) is 8.72. The average molecular weight is 395 g/mol. The van der Waals surface area contributed by atoms with Crippen LogP contribution in [-0.2, 0) is 4.79 Å². The number of aryl methyl sites for hydroxylation is 1. The van der Waals surface area contributed by atoms with Crippen molar-refractivity contribution in [1.82, 2.24) is 14.9 Å². The molecule has 2 aromatic carbocycles. The molecule has 0 aliphatic heterocycles. The van der Waals surface area contributed by atoms with Crippen molar-refractivity contribution in [3.05, 3.63) is 59.7 Å². The SMILES string of the molecule is CC(=O)c1ccccc1NC(=O)C(C)Sc1nnc(-c2ccc(C)cc2)n1N. The molecule has 1 atom stereocenters. The van der Waals surface area contributed by atoms with Crippen LogP contribution in [0.5, 0.6) is 0 Å². The Balaban J connectivity index is 1.73. The van der Waals surface area contributed by atoms with Crippen molar-refractivity contribution in [3.8, 4) is 11.4 Å². The Morgan fingerprint density at radius 2 is 1.79 bits per heavy atom. The van der Waals surface area contributed by atoms with E-state index in [9.17, 15) is 9.59 Å². The van der Waals surface area contributed by atoms with Crippen LogP contribution in [0.15, 0.2) is 53.7 Å². The summed E-state index contributed by atoms with van der Waals surface area (Å²) in [4.78, 5) is 24.3. The van der Waals surface area contributed by atoms with E-state index in [-0.39, 0.29) is 11.7 Å². The molecular formula is C20H21N5O2S. The van der Waals surface area contributed by atoms with Gasteiger partial charge in [0.05, 0.1) is 10.9 Å². The molecule has 0 spiro atoms. The molecule has 0 saturated carbocycles. The predicted octanol–water partition coefficient (Wildman–Crippen LogP) is 3.29. The molecule has 0 aliphatic rings. The summed E-state index contributed by atoms with van der Waals surface area (Å²) in [6.07, 6.45) is 0. The van der Waals surface area contributed by atoms with Gasteiger partial charge in [-0.15, -0.1) is 10.2 Å². The van der Waals surface area contributed by atoms with Gasteiger partial charge in [-0.25, -0.2) is 4.68 Å². The number of nitrogens with two attached hydrogens (primary N) is 1. The summed E-state index contributed by atoms with van der Waals surface area (Å²) in [5.74, 6) is 6.30. The Kier molecular flexibility index (Phi) is 5.79. The number of thioether (sulfide) groups is 1. The van der Waals surface area contributed by atoms with Crippen LogP contribution in [0, 0.1) is 6.92 Å². The molecule has 7 nitrogen and oxygen atoms in total. The topological polar surface area (TPSA) is 103 Å². The standard InChI is InChI=1S/C20H21N5O2S/c1-12-8-10-15(11-9-12)18-23-24-20(25(18)21)28-14(3)19(27)22-17-7-5-4-6-16(17)13(2)26/h4-11,14H,21H2,1-3H3,(H,22,27). The summed E-state index contributed by atoms with van der Waals surface area (Å²) in [5.41, 5.74) is 2.94. The minimum absolute atomic E-state index is 0.111. The monoisotopic (exact) mass is 395 g/mol. The highest BCUT2D eigenvalue weighted by Gasteiger charge is 2.21. The number of amides is 1. The summed E-state index contributed by atoms with van der Waals surface area (Å²) in [6.45, 7) is 5.21. The van der Waals surface area contributed by atoms with Crippen LogP contribution in [-0.4, -0.2) is 31.8 Å². The van der Waals surface area contributed by atoms with Crippen LogP contribution >= 0.6 is 11.8 Å². The van der Waals surface area contributed by atoms with Crippen LogP contribution in [0.25, 0.3) is 11.4 Å². The second-order valence-electron chi connectivity index (χ2n) is 6.39. The quantitative estimate of drug-likeness (QED) is 0.377. The molecule has 1 heterocycles. The maximum Gasteiger partial charge on any atom is 0.237 e. The van der Waals surface area contributed by atoms with Crippen molar-refractivity contribution in [2.75, 3.05) is 11.2 Å². The molecule has 0 radical (unpaired) electrons. The van der Waals surface area contributed by atoms with Crippen molar-refractivity contribution in [2.24, 2.45) is 0 Å². The van der Waals surface area contributed by atoms with Gasteiger partial charge in [-0.1, -0.05) is 53.7 Å². The molecule has 1 amide bonds. The Morgan fingerprint density at radius 3 is 2.46 bits per heavy atom. The lowest BCUT2D eigenvalue weighted by molar-refractivity contribution is -0.115. The number of carbonyl (C=O) groups excluding carboxylic acids is 2. The van der Waals surface area contributed by atoms with Gasteiger partial charge in [0, 0.05) is 11.1 Å². The third kappa shape index (κ3) is 4.23. The van der Waals surface area contributed by atoms with Crippen molar-refractivity contribution in [2.45, 2.75) is 31.2 Å². The lowest BCUT2D eigenvalue weighted by Crippen LogP contribution is -2.24. The second-order valence-corrected chi connectivity index (χ2v) is 7.70. The average Bonchev–Trinajstić information content (AvgIpc) is 3.03. The first kappa shape index (κ1) is 19.6. The Labute approximate surface area is 167 Å². The second kappa shape index (κ2) is 8.26. The van der Waals surface area contributed by atoms with E-state index in [4.69, 9.17) is 5.84 Å². The van der Waals surface area contributed by atoms with Crippen LogP contribution in [0.4, 0.5) is 5.69 Å². The molecule has 3 aromatic rings. The van der Waals surface area contributed by atoms with Crippen LogP contribution in [0.2, 0.25) is 0 Å². The van der Waals surface area contributed by atoms with Crippen molar-refractivity contribution in [1.29, 1.82) is 0 Å². The number of nitrogen functional groups attached to an aromatic ring is 1. The normalized spacial score (nSPS) is 11.8. The molecule has 3 N–H and O–H groups in total. The highest BCUT2D eigenvalue weighted by atomic mass is 32.2. The fourth-order valence-electron chi connectivity index (χ4n) is 2.60. The Bertz CT molecular complexity index is 1010. The molecule has 144 valence electrons. The maximum absolute atomic E-state index is 12.6. The van der Waals surface area contributed by atoms with Crippen molar-refractivity contribution < 1.29 is 9.59 Å². The summed E-state index contributed by atoms with van der Waals surface area (Å²) in [5, 5.41) is 11.0. The van der Waals surface area contributed by atoms with Gasteiger partial charge in [0.15, 0.2) is 11.6 Å². The van der Waals surface area contributed by atoms with Gasteiger partial charge in [-0.2, -0.15) is 0 Å². The summed E-state index contributed by atoms with van der Waals surface area (Å²) >= 11 is 1.20. The third-order valence-corrected chi connectivity index (χ3v) is 5.25. The number of benzene rings is 2. The van der Waals surface area contributed by atoms with Crippen LogP contribution < -0.4 is 11.2 Å². The number of para-hydroxylation sites is 1. The van der Waals surface area contributed by atoms with Crippen LogP contribution in [0.1, 0.15) is 29.8 Å². The molecule has 8 heteroatoms. The van der Waals surface area contributed by atoms with Gasteiger partial charge < -0.3 is 11.2 Å². The van der Waals surface area contributed by atoms with Gasteiger partial charge in [0.25, 0.3) is 0 Å². The van der Waals surface area contributed by atoms with E-state index in [2.05, 4.69) is 15.5 Å². The summed E-state index contributed by atoms with van der Waals surface area (Å²) < 4.78 is 1.38. The molecule has 0 fully saturated rings. The van der Waals surface area contributed by atoms with E-state index < -0.39 is 5.25 Å². The number of hydrogen-bond acceptors (Lipinski definition) is 6. The first-order chi connectivity index (χ1) is 13.4. The Hall–Kier alpha value is -3.13. The van der Waals surface area contributed by atoms with E-state index in [1.165, 1.54) is 23.4 Å². The molecule has 3 rings (SSSR count). The number of anilines is 1. The molecule has 0 bridgehead atoms. The third-order valence-electron chi connectivity index (χ3n) is 4.19. The highest BCUT2D eigenvalue weighted by molar-refractivity contribution is 8.00. The number of ketones is 1. The van der Waals surface area contributed by atoms with E-state index in [1.807, 2.05) is 31.2 Å². The fourth-order valence-corrected chi connectivity index (χ4v) is 3.37. The largest absolute Gasteiger partial charge is 0.335 e. The van der Waals surface area contributed by atoms with Gasteiger partial charge in [-0.05, 0) is 32.9 Å². The summed E-state index contributed by atoms with van der Waals surface area (Å²) in [6, 6.07) is 14.7.